The van der Waals surface area contributed by atoms with Crippen LogP contribution in [0.3, 0.4) is 0 Å². The summed E-state index contributed by atoms with van der Waals surface area (Å²) in [5.41, 5.74) is 0.564. The fourth-order valence-electron chi connectivity index (χ4n) is 1.17. The van der Waals surface area contributed by atoms with E-state index in [4.69, 9.17) is 9.47 Å². The molecule has 0 bridgehead atoms. The molecule has 15 heavy (non-hydrogen) atoms. The van der Waals surface area contributed by atoms with E-state index in [0.29, 0.717) is 5.56 Å². The molecule has 1 rings (SSSR count). The van der Waals surface area contributed by atoms with Crippen LogP contribution in [0.5, 0.6) is 5.75 Å². The van der Waals surface area contributed by atoms with Crippen LogP contribution in [0.15, 0.2) is 23.1 Å². The van der Waals surface area contributed by atoms with Gasteiger partial charge in [0.2, 0.25) is 0 Å². The standard InChI is InChI=1S/C9H11FO4S/c1-13-6-7-3-4-8(14-2)9(5-7)15(10,11)12/h3-5H,6H2,1-2H3. The Morgan fingerprint density at radius 3 is 2.47 bits per heavy atom. The maximum absolute atomic E-state index is 12.8. The van der Waals surface area contributed by atoms with Crippen LogP contribution in [-0.4, -0.2) is 22.6 Å². The predicted molar refractivity (Wildman–Crippen MR) is 52.0 cm³/mol. The average Bonchev–Trinajstić information content (AvgIpc) is 2.17. The lowest BCUT2D eigenvalue weighted by molar-refractivity contribution is 0.184. The second-order valence-corrected chi connectivity index (χ2v) is 4.17. The second-order valence-electron chi connectivity index (χ2n) is 2.86. The van der Waals surface area contributed by atoms with E-state index in [9.17, 15) is 12.3 Å². The summed E-state index contributed by atoms with van der Waals surface area (Å²) in [4.78, 5) is -0.473. The molecule has 0 amide bonds. The van der Waals surface area contributed by atoms with Crippen molar-refractivity contribution in [3.05, 3.63) is 23.8 Å². The summed E-state index contributed by atoms with van der Waals surface area (Å²) in [6.45, 7) is 0.215. The maximum atomic E-state index is 12.8. The first-order chi connectivity index (χ1) is 6.99. The van der Waals surface area contributed by atoms with Crippen molar-refractivity contribution in [2.24, 2.45) is 0 Å². The van der Waals surface area contributed by atoms with Gasteiger partial charge in [0, 0.05) is 7.11 Å². The first-order valence-corrected chi connectivity index (χ1v) is 5.48. The highest BCUT2D eigenvalue weighted by Gasteiger charge is 2.18. The molecule has 6 heteroatoms. The lowest BCUT2D eigenvalue weighted by Gasteiger charge is -2.06. The van der Waals surface area contributed by atoms with Crippen molar-refractivity contribution in [1.82, 2.24) is 0 Å². The summed E-state index contributed by atoms with van der Waals surface area (Å²) in [7, 11) is -2.02. The van der Waals surface area contributed by atoms with Crippen molar-refractivity contribution < 1.29 is 21.8 Å². The van der Waals surface area contributed by atoms with Crippen LogP contribution >= 0.6 is 0 Å². The highest BCUT2D eigenvalue weighted by molar-refractivity contribution is 7.86. The lowest BCUT2D eigenvalue weighted by atomic mass is 10.2. The van der Waals surface area contributed by atoms with Crippen molar-refractivity contribution in [2.75, 3.05) is 14.2 Å². The molecule has 0 N–H and O–H groups in total. The third-order valence-electron chi connectivity index (χ3n) is 1.80. The highest BCUT2D eigenvalue weighted by atomic mass is 32.3. The zero-order valence-corrected chi connectivity index (χ0v) is 9.17. The normalized spacial score (nSPS) is 11.4. The molecule has 0 fully saturated rings. The van der Waals surface area contributed by atoms with Gasteiger partial charge in [0.25, 0.3) is 0 Å². The number of ether oxygens (including phenoxy) is 2. The lowest BCUT2D eigenvalue weighted by Crippen LogP contribution is -1.99. The van der Waals surface area contributed by atoms with Crippen LogP contribution in [-0.2, 0) is 21.6 Å². The summed E-state index contributed by atoms with van der Waals surface area (Å²) in [6.07, 6.45) is 0. The Morgan fingerprint density at radius 1 is 1.33 bits per heavy atom. The van der Waals surface area contributed by atoms with Gasteiger partial charge in [0.05, 0.1) is 13.7 Å². The first-order valence-electron chi connectivity index (χ1n) is 4.09. The molecule has 84 valence electrons. The number of hydrogen-bond acceptors (Lipinski definition) is 4. The minimum absolute atomic E-state index is 0.0163. The van der Waals surface area contributed by atoms with Crippen molar-refractivity contribution in [3.8, 4) is 5.75 Å². The van der Waals surface area contributed by atoms with E-state index in [1.807, 2.05) is 0 Å². The topological polar surface area (TPSA) is 52.6 Å². The Balaban J connectivity index is 3.26. The molecule has 0 aliphatic rings. The van der Waals surface area contributed by atoms with Crippen molar-refractivity contribution in [1.29, 1.82) is 0 Å². The van der Waals surface area contributed by atoms with Gasteiger partial charge in [-0.15, -0.1) is 3.89 Å². The van der Waals surface area contributed by atoms with E-state index in [1.54, 1.807) is 6.07 Å². The fraction of sp³-hybridized carbons (Fsp3) is 0.333. The van der Waals surface area contributed by atoms with Gasteiger partial charge in [-0.05, 0) is 17.7 Å². The number of methoxy groups -OCH3 is 2. The Hall–Kier alpha value is -1.14. The number of hydrogen-bond donors (Lipinski definition) is 0. The summed E-state index contributed by atoms with van der Waals surface area (Å²) >= 11 is 0. The predicted octanol–water partition coefficient (Wildman–Crippen LogP) is 1.50. The zero-order chi connectivity index (χ0) is 11.5. The second kappa shape index (κ2) is 4.59. The molecular formula is C9H11FO4S. The van der Waals surface area contributed by atoms with Crippen molar-refractivity contribution in [2.45, 2.75) is 11.5 Å². The van der Waals surface area contributed by atoms with Crippen LogP contribution < -0.4 is 4.74 Å². The zero-order valence-electron chi connectivity index (χ0n) is 8.36. The van der Waals surface area contributed by atoms with Crippen LogP contribution in [0.4, 0.5) is 3.89 Å². The van der Waals surface area contributed by atoms with Gasteiger partial charge < -0.3 is 9.47 Å². The van der Waals surface area contributed by atoms with Crippen molar-refractivity contribution >= 4 is 10.2 Å². The summed E-state index contributed by atoms with van der Waals surface area (Å²) < 4.78 is 44.0. The molecular weight excluding hydrogens is 223 g/mol. The molecule has 0 spiro atoms. The molecule has 0 saturated carbocycles. The van der Waals surface area contributed by atoms with Gasteiger partial charge in [0.15, 0.2) is 0 Å². The van der Waals surface area contributed by atoms with Gasteiger partial charge >= 0.3 is 10.2 Å². The molecule has 1 aromatic carbocycles. The van der Waals surface area contributed by atoms with E-state index in [1.165, 1.54) is 26.4 Å². The molecule has 0 saturated heterocycles. The molecule has 4 nitrogen and oxygen atoms in total. The van der Waals surface area contributed by atoms with Gasteiger partial charge in [-0.25, -0.2) is 0 Å². The van der Waals surface area contributed by atoms with Gasteiger partial charge in [-0.1, -0.05) is 6.07 Å². The largest absolute Gasteiger partial charge is 0.495 e. The smallest absolute Gasteiger partial charge is 0.335 e. The van der Waals surface area contributed by atoms with Gasteiger partial charge in [-0.3, -0.25) is 0 Å². The Morgan fingerprint density at radius 2 is 2.00 bits per heavy atom. The molecule has 1 aromatic rings. The monoisotopic (exact) mass is 234 g/mol. The molecule has 0 radical (unpaired) electrons. The first kappa shape index (κ1) is 11.9. The van der Waals surface area contributed by atoms with Crippen LogP contribution in [0.25, 0.3) is 0 Å². The van der Waals surface area contributed by atoms with Crippen LogP contribution in [0, 0.1) is 0 Å². The average molecular weight is 234 g/mol. The van der Waals surface area contributed by atoms with Gasteiger partial charge in [0.1, 0.15) is 10.6 Å². The summed E-state index contributed by atoms with van der Waals surface area (Å²) in [5, 5.41) is 0. The minimum atomic E-state index is -4.77. The molecule has 0 atom stereocenters. The van der Waals surface area contributed by atoms with E-state index < -0.39 is 15.1 Å². The summed E-state index contributed by atoms with van der Waals surface area (Å²) in [5.74, 6) is -0.0163. The van der Waals surface area contributed by atoms with E-state index in [2.05, 4.69) is 0 Å². The molecule has 0 heterocycles. The number of rotatable bonds is 4. The Kier molecular flexibility index (Phi) is 3.65. The summed E-state index contributed by atoms with van der Waals surface area (Å²) in [6, 6.07) is 4.19. The van der Waals surface area contributed by atoms with Gasteiger partial charge in [-0.2, -0.15) is 8.42 Å². The van der Waals surface area contributed by atoms with E-state index >= 15 is 0 Å². The minimum Gasteiger partial charge on any atom is -0.495 e. The van der Waals surface area contributed by atoms with E-state index in [-0.39, 0.29) is 12.4 Å². The fourth-order valence-corrected chi connectivity index (χ4v) is 1.85. The molecule has 0 aliphatic heterocycles. The van der Waals surface area contributed by atoms with Crippen LogP contribution in [0.1, 0.15) is 5.56 Å². The third kappa shape index (κ3) is 2.90. The maximum Gasteiger partial charge on any atom is 0.335 e. The SMILES string of the molecule is COCc1ccc(OC)c(S(=O)(=O)F)c1. The Bertz CT molecular complexity index is 441. The quantitative estimate of drug-likeness (QED) is 0.741. The third-order valence-corrected chi connectivity index (χ3v) is 2.65. The van der Waals surface area contributed by atoms with Crippen molar-refractivity contribution in [3.63, 3.8) is 0 Å². The molecule has 0 aromatic heterocycles. The van der Waals surface area contributed by atoms with E-state index in [0.717, 1.165) is 0 Å². The molecule has 0 aliphatic carbocycles. The highest BCUT2D eigenvalue weighted by Crippen LogP contribution is 2.26. The Labute approximate surface area is 87.8 Å². The molecule has 0 unspecified atom stereocenters. The number of halogens is 1. The van der Waals surface area contributed by atoms with Crippen LogP contribution in [0.2, 0.25) is 0 Å². The number of benzene rings is 1.